The lowest BCUT2D eigenvalue weighted by Crippen LogP contribution is -1.89. The molecule has 0 N–H and O–H groups in total. The molecule has 0 aliphatic rings. The van der Waals surface area contributed by atoms with Gasteiger partial charge in [0, 0.05) is 0 Å². The third kappa shape index (κ3) is 2.18. The van der Waals surface area contributed by atoms with E-state index in [1.54, 1.807) is 22.7 Å². The van der Waals surface area contributed by atoms with E-state index < -0.39 is 0 Å². The number of hydrogen-bond acceptors (Lipinski definition) is 5. The third-order valence-electron chi connectivity index (χ3n) is 3.42. The number of thiazole rings is 2. The van der Waals surface area contributed by atoms with Gasteiger partial charge >= 0.3 is 0 Å². The SMILES string of the molecule is Cc1cccc(C)c1Oc1nc2cc3scnc3cc2s1. The van der Waals surface area contributed by atoms with E-state index in [9.17, 15) is 0 Å². The molecule has 0 aliphatic carbocycles. The lowest BCUT2D eigenvalue weighted by molar-refractivity contribution is 0.473. The zero-order valence-corrected chi connectivity index (χ0v) is 13.2. The van der Waals surface area contributed by atoms with Gasteiger partial charge in [-0.05, 0) is 37.1 Å². The largest absolute Gasteiger partial charge is 0.430 e. The van der Waals surface area contributed by atoms with E-state index in [1.165, 1.54) is 0 Å². The molecule has 2 aromatic carbocycles. The van der Waals surface area contributed by atoms with E-state index in [1.807, 2.05) is 11.6 Å². The molecule has 0 radical (unpaired) electrons. The number of para-hydroxylation sites is 1. The molecule has 0 amide bonds. The Morgan fingerprint density at radius 1 is 1.00 bits per heavy atom. The van der Waals surface area contributed by atoms with Gasteiger partial charge in [0.25, 0.3) is 5.19 Å². The van der Waals surface area contributed by atoms with Gasteiger partial charge < -0.3 is 4.74 Å². The summed E-state index contributed by atoms with van der Waals surface area (Å²) in [5.74, 6) is 0.900. The van der Waals surface area contributed by atoms with Crippen LogP contribution >= 0.6 is 22.7 Å². The van der Waals surface area contributed by atoms with Gasteiger partial charge in [0.1, 0.15) is 5.75 Å². The fraction of sp³-hybridized carbons (Fsp3) is 0.125. The first-order valence-electron chi connectivity index (χ1n) is 6.58. The van der Waals surface area contributed by atoms with E-state index in [-0.39, 0.29) is 0 Å². The van der Waals surface area contributed by atoms with Crippen molar-refractivity contribution in [1.29, 1.82) is 0 Å². The maximum absolute atomic E-state index is 6.02. The lowest BCUT2D eigenvalue weighted by atomic mass is 10.1. The topological polar surface area (TPSA) is 35.0 Å². The second-order valence-electron chi connectivity index (χ2n) is 4.94. The highest BCUT2D eigenvalue weighted by Gasteiger charge is 2.11. The summed E-state index contributed by atoms with van der Waals surface area (Å²) in [5.41, 5.74) is 6.10. The fourth-order valence-corrected chi connectivity index (χ4v) is 3.88. The van der Waals surface area contributed by atoms with E-state index >= 15 is 0 Å². The first kappa shape index (κ1) is 12.7. The molecule has 0 saturated carbocycles. The van der Waals surface area contributed by atoms with Crippen molar-refractivity contribution < 1.29 is 4.74 Å². The predicted octanol–water partition coefficient (Wildman–Crippen LogP) is 5.32. The summed E-state index contributed by atoms with van der Waals surface area (Å²) in [6.07, 6.45) is 0. The van der Waals surface area contributed by atoms with Gasteiger partial charge in [0.2, 0.25) is 0 Å². The molecule has 104 valence electrons. The second-order valence-corrected chi connectivity index (χ2v) is 6.82. The van der Waals surface area contributed by atoms with Gasteiger partial charge in [-0.3, -0.25) is 0 Å². The molecule has 0 atom stereocenters. The molecule has 0 saturated heterocycles. The highest BCUT2D eigenvalue weighted by molar-refractivity contribution is 7.20. The van der Waals surface area contributed by atoms with Gasteiger partial charge in [-0.1, -0.05) is 29.5 Å². The Bertz CT molecular complexity index is 887. The van der Waals surface area contributed by atoms with Gasteiger partial charge in [-0.25, -0.2) is 9.97 Å². The van der Waals surface area contributed by atoms with Gasteiger partial charge in [-0.15, -0.1) is 11.3 Å². The Kier molecular flexibility index (Phi) is 2.90. The quantitative estimate of drug-likeness (QED) is 0.503. The number of aromatic nitrogens is 2. The second kappa shape index (κ2) is 4.79. The minimum atomic E-state index is 0.681. The average molecular weight is 312 g/mol. The molecule has 0 unspecified atom stereocenters. The van der Waals surface area contributed by atoms with E-state index in [4.69, 9.17) is 4.74 Å². The van der Waals surface area contributed by atoms with E-state index in [2.05, 4.69) is 48.1 Å². The van der Waals surface area contributed by atoms with Crippen LogP contribution in [-0.2, 0) is 0 Å². The molecule has 3 nitrogen and oxygen atoms in total. The molecule has 4 rings (SSSR count). The van der Waals surface area contributed by atoms with Crippen molar-refractivity contribution in [2.24, 2.45) is 0 Å². The Morgan fingerprint density at radius 2 is 1.76 bits per heavy atom. The summed E-state index contributed by atoms with van der Waals surface area (Å²) in [6.45, 7) is 4.10. The van der Waals surface area contributed by atoms with Gasteiger partial charge in [-0.2, -0.15) is 0 Å². The zero-order valence-electron chi connectivity index (χ0n) is 11.6. The van der Waals surface area contributed by atoms with Crippen molar-refractivity contribution in [2.45, 2.75) is 13.8 Å². The molecule has 4 aromatic rings. The Labute approximate surface area is 129 Å². The molecule has 2 aromatic heterocycles. The standard InChI is InChI=1S/C16H12N2OS2/c1-9-4-3-5-10(2)15(9)19-16-18-12-7-13-11(17-8-20-13)6-14(12)21-16/h3-8H,1-2H3. The number of ether oxygens (including phenoxy) is 1. The van der Waals surface area contributed by atoms with Gasteiger partial charge in [0.15, 0.2) is 0 Å². The first-order chi connectivity index (χ1) is 10.2. The lowest BCUT2D eigenvalue weighted by Gasteiger charge is -2.08. The smallest absolute Gasteiger partial charge is 0.279 e. The third-order valence-corrected chi connectivity index (χ3v) is 5.11. The number of fused-ring (bicyclic) bond motifs is 2. The van der Waals surface area contributed by atoms with Crippen LogP contribution in [0.5, 0.6) is 10.9 Å². The number of benzene rings is 2. The van der Waals surface area contributed by atoms with E-state index in [0.29, 0.717) is 5.19 Å². The Morgan fingerprint density at radius 3 is 2.57 bits per heavy atom. The molecular weight excluding hydrogens is 300 g/mol. The Hall–Kier alpha value is -1.98. The average Bonchev–Trinajstić information content (AvgIpc) is 3.05. The first-order valence-corrected chi connectivity index (χ1v) is 8.28. The van der Waals surface area contributed by atoms with Crippen LogP contribution < -0.4 is 4.74 Å². The van der Waals surface area contributed by atoms with E-state index in [0.717, 1.165) is 37.3 Å². The van der Waals surface area contributed by atoms with Crippen LogP contribution in [-0.4, -0.2) is 9.97 Å². The van der Waals surface area contributed by atoms with Gasteiger partial charge in [0.05, 0.1) is 25.9 Å². The number of aryl methyl sites for hydroxylation is 2. The van der Waals surface area contributed by atoms with Crippen LogP contribution in [0.3, 0.4) is 0 Å². The molecule has 21 heavy (non-hydrogen) atoms. The maximum Gasteiger partial charge on any atom is 0.279 e. The monoisotopic (exact) mass is 312 g/mol. The molecule has 0 spiro atoms. The van der Waals surface area contributed by atoms with Crippen LogP contribution in [0.1, 0.15) is 11.1 Å². The van der Waals surface area contributed by atoms with Crippen LogP contribution in [0.2, 0.25) is 0 Å². The summed E-state index contributed by atoms with van der Waals surface area (Å²) in [5, 5.41) is 0.681. The summed E-state index contributed by atoms with van der Waals surface area (Å²) in [7, 11) is 0. The number of rotatable bonds is 2. The van der Waals surface area contributed by atoms with Crippen LogP contribution in [0, 0.1) is 13.8 Å². The predicted molar refractivity (Wildman–Crippen MR) is 88.8 cm³/mol. The zero-order chi connectivity index (χ0) is 14.4. The van der Waals surface area contributed by atoms with Crippen molar-refractivity contribution in [3.63, 3.8) is 0 Å². The minimum Gasteiger partial charge on any atom is -0.430 e. The Balaban J connectivity index is 1.80. The number of nitrogens with zero attached hydrogens (tertiary/aromatic N) is 2. The van der Waals surface area contributed by atoms with Crippen LogP contribution in [0.25, 0.3) is 20.4 Å². The maximum atomic E-state index is 6.02. The summed E-state index contributed by atoms with van der Waals surface area (Å²) in [6, 6.07) is 10.3. The van der Waals surface area contributed by atoms with Crippen molar-refractivity contribution in [3.8, 4) is 10.9 Å². The summed E-state index contributed by atoms with van der Waals surface area (Å²) >= 11 is 3.19. The molecule has 0 fully saturated rings. The van der Waals surface area contributed by atoms with Crippen LogP contribution in [0.4, 0.5) is 0 Å². The summed E-state index contributed by atoms with van der Waals surface area (Å²) < 4.78 is 8.28. The van der Waals surface area contributed by atoms with Crippen molar-refractivity contribution in [3.05, 3.63) is 47.0 Å². The molecule has 0 aliphatic heterocycles. The molecule has 0 bridgehead atoms. The van der Waals surface area contributed by atoms with Crippen molar-refractivity contribution in [2.75, 3.05) is 0 Å². The van der Waals surface area contributed by atoms with Crippen LogP contribution in [0.15, 0.2) is 35.8 Å². The normalized spacial score (nSPS) is 11.3. The van der Waals surface area contributed by atoms with Crippen molar-refractivity contribution >= 4 is 43.1 Å². The fourth-order valence-electron chi connectivity index (χ4n) is 2.35. The highest BCUT2D eigenvalue weighted by Crippen LogP contribution is 2.36. The molecule has 2 heterocycles. The number of hydrogen-bond donors (Lipinski definition) is 0. The molecular formula is C16H12N2OS2. The molecule has 5 heteroatoms. The minimum absolute atomic E-state index is 0.681. The highest BCUT2D eigenvalue weighted by atomic mass is 32.1. The van der Waals surface area contributed by atoms with Crippen molar-refractivity contribution in [1.82, 2.24) is 9.97 Å². The summed E-state index contributed by atoms with van der Waals surface area (Å²) in [4.78, 5) is 8.94.